The van der Waals surface area contributed by atoms with Gasteiger partial charge in [-0.2, -0.15) is 0 Å². The summed E-state index contributed by atoms with van der Waals surface area (Å²) < 4.78 is 1.37. The van der Waals surface area contributed by atoms with Gasteiger partial charge in [-0.25, -0.2) is 0 Å². The molecular weight excluding hydrogens is 350 g/mol. The summed E-state index contributed by atoms with van der Waals surface area (Å²) in [5, 5.41) is 7.52. The highest BCUT2D eigenvalue weighted by molar-refractivity contribution is 7.07. The third-order valence-electron chi connectivity index (χ3n) is 3.20. The van der Waals surface area contributed by atoms with Crippen molar-refractivity contribution in [3.63, 3.8) is 0 Å². The van der Waals surface area contributed by atoms with Crippen molar-refractivity contribution >= 4 is 40.4 Å². The van der Waals surface area contributed by atoms with Crippen molar-refractivity contribution in [2.45, 2.75) is 33.4 Å². The molecule has 0 saturated carbocycles. The van der Waals surface area contributed by atoms with Crippen LogP contribution >= 0.6 is 22.9 Å². The summed E-state index contributed by atoms with van der Waals surface area (Å²) in [6, 6.07) is 4.61. The van der Waals surface area contributed by atoms with Crippen LogP contribution in [0.1, 0.15) is 29.9 Å². The molecule has 2 rings (SSSR count). The number of carbonyl (C=O) groups excluding carboxylic acids is 2. The predicted molar refractivity (Wildman–Crippen MR) is 96.0 cm³/mol. The van der Waals surface area contributed by atoms with Crippen LogP contribution < -0.4 is 15.5 Å². The Morgan fingerprint density at radius 3 is 2.62 bits per heavy atom. The summed E-state index contributed by atoms with van der Waals surface area (Å²) in [6.45, 7) is 5.33. The van der Waals surface area contributed by atoms with Gasteiger partial charge in [0, 0.05) is 22.1 Å². The van der Waals surface area contributed by atoms with Crippen molar-refractivity contribution < 1.29 is 9.59 Å². The number of nitrogens with one attached hydrogen (secondary N) is 2. The monoisotopic (exact) mass is 367 g/mol. The standard InChI is InChI=1S/C16H18ClN3O3S/c1-9(2)18-15(22)12-5-4-11(17)6-13(12)19-14(21)7-20-10(3)8-24-16(20)23/h4-6,8-9H,7H2,1-3H3,(H,18,22)(H,19,21). The van der Waals surface area contributed by atoms with Crippen LogP contribution in [-0.4, -0.2) is 22.4 Å². The Morgan fingerprint density at radius 2 is 2.04 bits per heavy atom. The number of amides is 2. The van der Waals surface area contributed by atoms with E-state index in [1.54, 1.807) is 24.4 Å². The van der Waals surface area contributed by atoms with Crippen molar-refractivity contribution in [3.05, 3.63) is 49.5 Å². The maximum Gasteiger partial charge on any atom is 0.307 e. The van der Waals surface area contributed by atoms with Crippen molar-refractivity contribution in [3.8, 4) is 0 Å². The van der Waals surface area contributed by atoms with E-state index in [1.807, 2.05) is 13.8 Å². The van der Waals surface area contributed by atoms with Gasteiger partial charge in [-0.1, -0.05) is 22.9 Å². The molecule has 1 aromatic heterocycles. The van der Waals surface area contributed by atoms with E-state index in [4.69, 9.17) is 11.6 Å². The Hall–Kier alpha value is -2.12. The molecule has 0 radical (unpaired) electrons. The molecule has 0 aliphatic rings. The lowest BCUT2D eigenvalue weighted by Gasteiger charge is -2.14. The van der Waals surface area contributed by atoms with Crippen LogP contribution in [0.4, 0.5) is 5.69 Å². The van der Waals surface area contributed by atoms with E-state index < -0.39 is 5.91 Å². The van der Waals surface area contributed by atoms with Crippen molar-refractivity contribution in [2.75, 3.05) is 5.32 Å². The first-order valence-corrected chi connectivity index (χ1v) is 8.59. The molecule has 2 aromatic rings. The molecule has 0 aliphatic heterocycles. The molecule has 0 fully saturated rings. The summed E-state index contributed by atoms with van der Waals surface area (Å²) in [5.74, 6) is -0.708. The molecule has 128 valence electrons. The molecule has 2 amide bonds. The highest BCUT2D eigenvalue weighted by Crippen LogP contribution is 2.21. The lowest BCUT2D eigenvalue weighted by atomic mass is 10.1. The minimum Gasteiger partial charge on any atom is -0.350 e. The Kier molecular flexibility index (Phi) is 5.80. The largest absolute Gasteiger partial charge is 0.350 e. The van der Waals surface area contributed by atoms with Gasteiger partial charge in [0.2, 0.25) is 5.91 Å². The van der Waals surface area contributed by atoms with Gasteiger partial charge in [-0.15, -0.1) is 0 Å². The molecule has 0 aliphatic carbocycles. The molecular formula is C16H18ClN3O3S. The normalized spacial score (nSPS) is 10.7. The quantitative estimate of drug-likeness (QED) is 0.852. The fourth-order valence-corrected chi connectivity index (χ4v) is 2.99. The fraction of sp³-hybridized carbons (Fsp3) is 0.312. The van der Waals surface area contributed by atoms with Crippen LogP contribution in [-0.2, 0) is 11.3 Å². The average Bonchev–Trinajstić information content (AvgIpc) is 2.78. The van der Waals surface area contributed by atoms with E-state index in [0.717, 1.165) is 11.3 Å². The van der Waals surface area contributed by atoms with E-state index in [0.29, 0.717) is 22.0 Å². The van der Waals surface area contributed by atoms with Gasteiger partial charge in [0.1, 0.15) is 6.54 Å². The summed E-state index contributed by atoms with van der Waals surface area (Å²) in [4.78, 5) is 36.0. The Balaban J connectivity index is 2.22. The van der Waals surface area contributed by atoms with E-state index >= 15 is 0 Å². The van der Waals surface area contributed by atoms with Crippen LogP contribution in [0.25, 0.3) is 0 Å². The van der Waals surface area contributed by atoms with Crippen molar-refractivity contribution in [1.29, 1.82) is 0 Å². The zero-order chi connectivity index (χ0) is 17.9. The molecule has 0 atom stereocenters. The molecule has 8 heteroatoms. The number of anilines is 1. The molecule has 1 aromatic carbocycles. The summed E-state index contributed by atoms with van der Waals surface area (Å²) >= 11 is 7.01. The van der Waals surface area contributed by atoms with Crippen LogP contribution in [0.3, 0.4) is 0 Å². The number of nitrogens with zero attached hydrogens (tertiary/aromatic N) is 1. The van der Waals surface area contributed by atoms with Crippen LogP contribution in [0.2, 0.25) is 5.02 Å². The van der Waals surface area contributed by atoms with Gasteiger partial charge in [-0.3, -0.25) is 19.0 Å². The minimum atomic E-state index is -0.403. The molecule has 2 N–H and O–H groups in total. The number of carbonyl (C=O) groups is 2. The number of aromatic nitrogens is 1. The summed E-state index contributed by atoms with van der Waals surface area (Å²) in [7, 11) is 0. The van der Waals surface area contributed by atoms with Gasteiger partial charge >= 0.3 is 4.87 Å². The highest BCUT2D eigenvalue weighted by atomic mass is 35.5. The maximum atomic E-state index is 12.3. The van der Waals surface area contributed by atoms with E-state index in [1.165, 1.54) is 10.6 Å². The lowest BCUT2D eigenvalue weighted by molar-refractivity contribution is -0.116. The number of rotatable bonds is 5. The van der Waals surface area contributed by atoms with Gasteiger partial charge in [0.15, 0.2) is 0 Å². The molecule has 24 heavy (non-hydrogen) atoms. The van der Waals surface area contributed by atoms with E-state index in [2.05, 4.69) is 10.6 Å². The van der Waals surface area contributed by atoms with Gasteiger partial charge in [0.05, 0.1) is 11.3 Å². The molecule has 0 spiro atoms. The van der Waals surface area contributed by atoms with Crippen LogP contribution in [0.5, 0.6) is 0 Å². The molecule has 6 nitrogen and oxygen atoms in total. The topological polar surface area (TPSA) is 80.2 Å². The number of halogens is 1. The van der Waals surface area contributed by atoms with Crippen LogP contribution in [0, 0.1) is 6.92 Å². The number of hydrogen-bond donors (Lipinski definition) is 2. The average molecular weight is 368 g/mol. The molecule has 0 unspecified atom stereocenters. The van der Waals surface area contributed by atoms with Gasteiger partial charge < -0.3 is 10.6 Å². The molecule has 0 saturated heterocycles. The highest BCUT2D eigenvalue weighted by Gasteiger charge is 2.16. The molecule has 1 heterocycles. The second kappa shape index (κ2) is 7.63. The minimum absolute atomic E-state index is 0.0382. The second-order valence-electron chi connectivity index (χ2n) is 5.60. The number of aryl methyl sites for hydroxylation is 1. The summed E-state index contributed by atoms with van der Waals surface area (Å²) in [5.41, 5.74) is 1.34. The first kappa shape index (κ1) is 18.2. The summed E-state index contributed by atoms with van der Waals surface area (Å²) in [6.07, 6.45) is 0. The Morgan fingerprint density at radius 1 is 1.33 bits per heavy atom. The van der Waals surface area contributed by atoms with E-state index in [9.17, 15) is 14.4 Å². The smallest absolute Gasteiger partial charge is 0.307 e. The predicted octanol–water partition coefficient (Wildman–Crippen LogP) is 2.65. The first-order chi connectivity index (χ1) is 11.3. The fourth-order valence-electron chi connectivity index (χ4n) is 2.09. The zero-order valence-corrected chi connectivity index (χ0v) is 15.1. The number of thiazole rings is 1. The number of hydrogen-bond acceptors (Lipinski definition) is 4. The lowest BCUT2D eigenvalue weighted by Crippen LogP contribution is -2.31. The molecule has 0 bridgehead atoms. The number of benzene rings is 1. The van der Waals surface area contributed by atoms with Crippen molar-refractivity contribution in [1.82, 2.24) is 9.88 Å². The third kappa shape index (κ3) is 4.46. The zero-order valence-electron chi connectivity index (χ0n) is 13.6. The second-order valence-corrected chi connectivity index (χ2v) is 6.85. The van der Waals surface area contributed by atoms with Crippen LogP contribution in [0.15, 0.2) is 28.4 Å². The Bertz CT molecular complexity index is 826. The van der Waals surface area contributed by atoms with E-state index in [-0.39, 0.29) is 23.4 Å². The first-order valence-electron chi connectivity index (χ1n) is 7.33. The maximum absolute atomic E-state index is 12.3. The third-order valence-corrected chi connectivity index (χ3v) is 4.31. The van der Waals surface area contributed by atoms with Gasteiger partial charge in [-0.05, 0) is 39.0 Å². The van der Waals surface area contributed by atoms with Crippen molar-refractivity contribution in [2.24, 2.45) is 0 Å². The SMILES string of the molecule is Cc1csc(=O)n1CC(=O)Nc1cc(Cl)ccc1C(=O)NC(C)C. The van der Waals surface area contributed by atoms with Gasteiger partial charge in [0.25, 0.3) is 5.91 Å². The Labute approximate surface area is 148 Å².